The van der Waals surface area contributed by atoms with Crippen molar-refractivity contribution in [1.29, 1.82) is 0 Å². The van der Waals surface area contributed by atoms with Crippen molar-refractivity contribution in [3.05, 3.63) is 30.3 Å². The molecule has 1 heterocycles. The Balaban J connectivity index is 0.00000288. The van der Waals surface area contributed by atoms with E-state index < -0.39 is 9.84 Å². The van der Waals surface area contributed by atoms with E-state index in [1.807, 2.05) is 37.3 Å². The van der Waals surface area contributed by atoms with E-state index in [-0.39, 0.29) is 41.5 Å². The van der Waals surface area contributed by atoms with E-state index in [9.17, 15) is 8.42 Å². The molecule has 1 atom stereocenters. The summed E-state index contributed by atoms with van der Waals surface area (Å²) in [5.74, 6) is 1.98. The third kappa shape index (κ3) is 7.69. The largest absolute Gasteiger partial charge is 0.494 e. The van der Waals surface area contributed by atoms with Gasteiger partial charge in [-0.25, -0.2) is 8.42 Å². The lowest BCUT2D eigenvalue weighted by atomic mass is 10.3. The van der Waals surface area contributed by atoms with Gasteiger partial charge in [-0.05, 0) is 25.5 Å². The van der Waals surface area contributed by atoms with E-state index in [1.165, 1.54) is 0 Å². The third-order valence-electron chi connectivity index (χ3n) is 3.50. The molecule has 1 aliphatic heterocycles. The summed E-state index contributed by atoms with van der Waals surface area (Å²) in [6.07, 6.45) is 1.44. The van der Waals surface area contributed by atoms with Gasteiger partial charge in [-0.1, -0.05) is 18.2 Å². The van der Waals surface area contributed by atoms with Gasteiger partial charge in [-0.2, -0.15) is 0 Å². The maximum atomic E-state index is 11.5. The van der Waals surface area contributed by atoms with Gasteiger partial charge in [-0.15, -0.1) is 24.0 Å². The fraction of sp³-hybridized carbons (Fsp3) is 0.562. The number of hydrogen-bond acceptors (Lipinski definition) is 4. The number of ether oxygens (including phenoxy) is 1. The minimum Gasteiger partial charge on any atom is -0.494 e. The van der Waals surface area contributed by atoms with Crippen LogP contribution in [-0.4, -0.2) is 51.6 Å². The molecular weight excluding hydrogens is 441 g/mol. The minimum absolute atomic E-state index is 0. The molecule has 1 unspecified atom stereocenters. The molecule has 6 nitrogen and oxygen atoms in total. The molecule has 1 saturated heterocycles. The molecule has 0 saturated carbocycles. The van der Waals surface area contributed by atoms with Crippen molar-refractivity contribution in [1.82, 2.24) is 10.6 Å². The second-order valence-corrected chi connectivity index (χ2v) is 7.75. The Kier molecular flexibility index (Phi) is 9.42. The molecule has 1 aromatic rings. The summed E-state index contributed by atoms with van der Waals surface area (Å²) in [5.41, 5.74) is 0. The zero-order valence-electron chi connectivity index (χ0n) is 13.9. The highest BCUT2D eigenvalue weighted by Crippen LogP contribution is 2.11. The van der Waals surface area contributed by atoms with Crippen LogP contribution in [0.2, 0.25) is 0 Å². The van der Waals surface area contributed by atoms with Crippen LogP contribution in [0.4, 0.5) is 0 Å². The molecule has 0 amide bonds. The first-order chi connectivity index (χ1) is 11.1. The summed E-state index contributed by atoms with van der Waals surface area (Å²) < 4.78 is 28.6. The van der Waals surface area contributed by atoms with Crippen LogP contribution in [-0.2, 0) is 9.84 Å². The molecular formula is C16H26IN3O3S. The zero-order chi connectivity index (χ0) is 16.5. The van der Waals surface area contributed by atoms with Gasteiger partial charge in [0.15, 0.2) is 15.8 Å². The van der Waals surface area contributed by atoms with Crippen molar-refractivity contribution in [2.45, 2.75) is 25.8 Å². The molecule has 0 aromatic heterocycles. The van der Waals surface area contributed by atoms with Crippen molar-refractivity contribution in [2.24, 2.45) is 4.99 Å². The molecule has 2 N–H and O–H groups in total. The van der Waals surface area contributed by atoms with Crippen LogP contribution in [0.25, 0.3) is 0 Å². The first-order valence-electron chi connectivity index (χ1n) is 8.02. The Morgan fingerprint density at radius 1 is 1.33 bits per heavy atom. The van der Waals surface area contributed by atoms with Crippen LogP contribution in [0.1, 0.15) is 19.8 Å². The average Bonchev–Trinajstić information content (AvgIpc) is 2.87. The Labute approximate surface area is 161 Å². The van der Waals surface area contributed by atoms with Crippen LogP contribution in [0, 0.1) is 0 Å². The van der Waals surface area contributed by atoms with E-state index >= 15 is 0 Å². The molecule has 136 valence electrons. The molecule has 24 heavy (non-hydrogen) atoms. The number of nitrogens with zero attached hydrogens (tertiary/aromatic N) is 1. The quantitative estimate of drug-likeness (QED) is 0.277. The van der Waals surface area contributed by atoms with Crippen LogP contribution < -0.4 is 15.4 Å². The van der Waals surface area contributed by atoms with Crippen LogP contribution >= 0.6 is 24.0 Å². The Morgan fingerprint density at radius 2 is 2.08 bits per heavy atom. The maximum Gasteiger partial charge on any atom is 0.191 e. The highest BCUT2D eigenvalue weighted by atomic mass is 127. The van der Waals surface area contributed by atoms with Crippen LogP contribution in [0.5, 0.6) is 5.75 Å². The smallest absolute Gasteiger partial charge is 0.191 e. The number of benzene rings is 1. The Morgan fingerprint density at radius 3 is 2.71 bits per heavy atom. The number of rotatable bonds is 7. The molecule has 8 heteroatoms. The van der Waals surface area contributed by atoms with Gasteiger partial charge in [0.1, 0.15) is 5.75 Å². The fourth-order valence-electron chi connectivity index (χ4n) is 2.38. The van der Waals surface area contributed by atoms with E-state index in [2.05, 4.69) is 15.6 Å². The highest BCUT2D eigenvalue weighted by molar-refractivity contribution is 14.0. The molecule has 1 aliphatic rings. The van der Waals surface area contributed by atoms with Gasteiger partial charge in [0.2, 0.25) is 0 Å². The number of hydrogen-bond donors (Lipinski definition) is 2. The lowest BCUT2D eigenvalue weighted by Crippen LogP contribution is -2.44. The van der Waals surface area contributed by atoms with Crippen molar-refractivity contribution < 1.29 is 13.2 Å². The number of guanidine groups is 1. The van der Waals surface area contributed by atoms with E-state index in [0.717, 1.165) is 18.7 Å². The number of sulfone groups is 1. The number of para-hydroxylation sites is 1. The topological polar surface area (TPSA) is 79.8 Å². The van der Waals surface area contributed by atoms with Gasteiger partial charge in [-0.3, -0.25) is 4.99 Å². The fourth-order valence-corrected chi connectivity index (χ4v) is 4.06. The molecule has 0 bridgehead atoms. The van der Waals surface area contributed by atoms with Crippen LogP contribution in [0.15, 0.2) is 35.3 Å². The second kappa shape index (κ2) is 10.8. The number of aliphatic imine (C=N–C) groups is 1. The molecule has 1 fully saturated rings. The van der Waals surface area contributed by atoms with Crippen molar-refractivity contribution >= 4 is 39.8 Å². The van der Waals surface area contributed by atoms with Gasteiger partial charge < -0.3 is 15.4 Å². The van der Waals surface area contributed by atoms with E-state index in [4.69, 9.17) is 4.74 Å². The summed E-state index contributed by atoms with van der Waals surface area (Å²) in [5, 5.41) is 6.35. The average molecular weight is 467 g/mol. The minimum atomic E-state index is -2.88. The molecule has 1 aromatic carbocycles. The predicted octanol–water partition coefficient (Wildman–Crippen LogP) is 1.82. The second-order valence-electron chi connectivity index (χ2n) is 5.52. The lowest BCUT2D eigenvalue weighted by molar-refractivity contribution is 0.313. The lowest BCUT2D eigenvalue weighted by Gasteiger charge is -2.15. The molecule has 0 radical (unpaired) electrons. The normalized spacial score (nSPS) is 19.4. The Hall–Kier alpha value is -1.03. The van der Waals surface area contributed by atoms with Crippen molar-refractivity contribution in [2.75, 3.05) is 31.2 Å². The van der Waals surface area contributed by atoms with Crippen LogP contribution in [0.3, 0.4) is 0 Å². The first-order valence-corrected chi connectivity index (χ1v) is 9.84. The van der Waals surface area contributed by atoms with Crippen molar-refractivity contribution in [3.8, 4) is 5.75 Å². The summed E-state index contributed by atoms with van der Waals surface area (Å²) in [4.78, 5) is 4.48. The van der Waals surface area contributed by atoms with E-state index in [1.54, 1.807) is 0 Å². The monoisotopic (exact) mass is 467 g/mol. The molecule has 2 rings (SSSR count). The van der Waals surface area contributed by atoms with Gasteiger partial charge >= 0.3 is 0 Å². The maximum absolute atomic E-state index is 11.5. The Bertz CT molecular complexity index is 608. The van der Waals surface area contributed by atoms with Gasteiger partial charge in [0.05, 0.1) is 18.1 Å². The van der Waals surface area contributed by atoms with Crippen molar-refractivity contribution in [3.63, 3.8) is 0 Å². The number of nitrogens with one attached hydrogen (secondary N) is 2. The number of halogens is 1. The highest BCUT2D eigenvalue weighted by Gasteiger charge is 2.28. The van der Waals surface area contributed by atoms with Gasteiger partial charge in [0, 0.05) is 25.6 Å². The standard InChI is InChI=1S/C16H25N3O3S.HI/c1-2-17-16(19-14-9-12-23(20,21)13-14)18-10-6-11-22-15-7-4-3-5-8-15;/h3-5,7-8,14H,2,6,9-13H2,1H3,(H2,17,18,19);1H. The summed E-state index contributed by atoms with van der Waals surface area (Å²) in [6, 6.07) is 9.64. The first kappa shape index (κ1) is 21.0. The third-order valence-corrected chi connectivity index (χ3v) is 5.27. The van der Waals surface area contributed by atoms with E-state index in [0.29, 0.717) is 25.5 Å². The summed E-state index contributed by atoms with van der Waals surface area (Å²) in [7, 11) is -2.88. The predicted molar refractivity (Wildman–Crippen MR) is 108 cm³/mol. The summed E-state index contributed by atoms with van der Waals surface area (Å²) in [6.45, 7) is 3.96. The summed E-state index contributed by atoms with van der Waals surface area (Å²) >= 11 is 0. The molecule has 0 spiro atoms. The SMILES string of the molecule is CCNC(=NCCCOc1ccccc1)NC1CCS(=O)(=O)C1.I. The van der Waals surface area contributed by atoms with Gasteiger partial charge in [0.25, 0.3) is 0 Å². The molecule has 0 aliphatic carbocycles. The zero-order valence-corrected chi connectivity index (χ0v) is 17.0.